The first-order valence-corrected chi connectivity index (χ1v) is 12.9. The first-order chi connectivity index (χ1) is 19.8. The molecule has 2 aromatic heterocycles. The highest BCUT2D eigenvalue weighted by atomic mass is 16.5. The summed E-state index contributed by atoms with van der Waals surface area (Å²) in [6.07, 6.45) is 1.73. The molecule has 0 bridgehead atoms. The molecule has 0 radical (unpaired) electrons. The predicted molar refractivity (Wildman–Crippen MR) is 153 cm³/mol. The van der Waals surface area contributed by atoms with Gasteiger partial charge in [0.2, 0.25) is 11.8 Å². The van der Waals surface area contributed by atoms with Crippen molar-refractivity contribution in [1.29, 1.82) is 0 Å². The second kappa shape index (κ2) is 11.6. The first-order valence-electron chi connectivity index (χ1n) is 12.9. The number of anilines is 1. The zero-order chi connectivity index (χ0) is 29.1. The van der Waals surface area contributed by atoms with Crippen LogP contribution in [0.2, 0.25) is 0 Å². The number of nitrogens with zero attached hydrogens (tertiary/aromatic N) is 4. The van der Waals surface area contributed by atoms with Crippen LogP contribution in [0.25, 0.3) is 22.4 Å². The molecule has 3 N–H and O–H groups in total. The van der Waals surface area contributed by atoms with Gasteiger partial charge in [0.1, 0.15) is 11.3 Å². The van der Waals surface area contributed by atoms with Gasteiger partial charge in [-0.3, -0.25) is 28.5 Å². The monoisotopic (exact) mass is 555 g/mol. The number of hydrogen-bond donors (Lipinski definition) is 3. The third-order valence-electron chi connectivity index (χ3n) is 6.92. The second-order valence-corrected chi connectivity index (χ2v) is 9.63. The van der Waals surface area contributed by atoms with E-state index in [0.29, 0.717) is 30.8 Å². The Kier molecular flexibility index (Phi) is 7.74. The highest BCUT2D eigenvalue weighted by Crippen LogP contribution is 2.27. The molecule has 2 aromatic carbocycles. The van der Waals surface area contributed by atoms with E-state index in [9.17, 15) is 19.2 Å². The minimum atomic E-state index is -0.751. The van der Waals surface area contributed by atoms with Gasteiger partial charge in [-0.05, 0) is 22.8 Å². The summed E-state index contributed by atoms with van der Waals surface area (Å²) in [4.78, 5) is 60.0. The molecule has 1 atom stereocenters. The number of aromatic nitrogens is 4. The van der Waals surface area contributed by atoms with Crippen LogP contribution in [0.5, 0.6) is 5.88 Å². The molecular weight excluding hydrogens is 526 g/mol. The van der Waals surface area contributed by atoms with Gasteiger partial charge < -0.3 is 20.7 Å². The molecule has 12 nitrogen and oxygen atoms in total. The predicted octanol–water partition coefficient (Wildman–Crippen LogP) is 1.45. The Morgan fingerprint density at radius 1 is 1.02 bits per heavy atom. The van der Waals surface area contributed by atoms with E-state index in [0.717, 1.165) is 15.7 Å². The SMILES string of the molecule is COc1nc(NC(=O)c2c(-c3cccc(-c4ccccc4)c3)n(C)c(=O)n(C)c2=O)cnc1CNC1CNC(=O)C1. The molecule has 5 rings (SSSR count). The van der Waals surface area contributed by atoms with E-state index in [1.54, 1.807) is 6.07 Å². The van der Waals surface area contributed by atoms with E-state index < -0.39 is 17.2 Å². The number of nitrogens with one attached hydrogen (secondary N) is 3. The number of rotatable bonds is 8. The molecule has 210 valence electrons. The quantitative estimate of drug-likeness (QED) is 0.296. The number of methoxy groups -OCH3 is 1. The van der Waals surface area contributed by atoms with Crippen LogP contribution in [0, 0.1) is 0 Å². The second-order valence-electron chi connectivity index (χ2n) is 9.63. The first kappa shape index (κ1) is 27.5. The van der Waals surface area contributed by atoms with Crippen LogP contribution in [0.3, 0.4) is 0 Å². The Hall–Kier alpha value is -5.10. The third-order valence-corrected chi connectivity index (χ3v) is 6.92. The number of carbonyl (C=O) groups excluding carboxylic acids is 2. The van der Waals surface area contributed by atoms with Crippen LogP contribution >= 0.6 is 0 Å². The van der Waals surface area contributed by atoms with Gasteiger partial charge in [0.25, 0.3) is 11.5 Å². The highest BCUT2D eigenvalue weighted by Gasteiger charge is 2.25. The molecular formula is C29H29N7O5. The van der Waals surface area contributed by atoms with Gasteiger partial charge in [-0.25, -0.2) is 4.79 Å². The van der Waals surface area contributed by atoms with E-state index in [4.69, 9.17) is 4.74 Å². The molecule has 3 heterocycles. The van der Waals surface area contributed by atoms with Crippen molar-refractivity contribution in [2.75, 3.05) is 19.0 Å². The molecule has 4 aromatic rings. The lowest BCUT2D eigenvalue weighted by Crippen LogP contribution is -2.42. The van der Waals surface area contributed by atoms with Crippen molar-refractivity contribution in [2.45, 2.75) is 19.0 Å². The fourth-order valence-electron chi connectivity index (χ4n) is 4.77. The average molecular weight is 556 g/mol. The summed E-state index contributed by atoms with van der Waals surface area (Å²) in [6.45, 7) is 0.821. The molecule has 0 saturated carbocycles. The molecule has 2 amide bonds. The maximum atomic E-state index is 13.6. The molecule has 0 spiro atoms. The minimum absolute atomic E-state index is 0.0191. The Labute approximate surface area is 235 Å². The van der Waals surface area contributed by atoms with Crippen molar-refractivity contribution >= 4 is 17.6 Å². The highest BCUT2D eigenvalue weighted by molar-refractivity contribution is 6.07. The number of amides is 2. The van der Waals surface area contributed by atoms with Gasteiger partial charge in [0.05, 0.1) is 19.0 Å². The molecule has 41 heavy (non-hydrogen) atoms. The van der Waals surface area contributed by atoms with E-state index >= 15 is 0 Å². The normalized spacial score (nSPS) is 14.5. The fraction of sp³-hybridized carbons (Fsp3) is 0.241. The van der Waals surface area contributed by atoms with Gasteiger partial charge >= 0.3 is 5.69 Å². The lowest BCUT2D eigenvalue weighted by atomic mass is 9.99. The summed E-state index contributed by atoms with van der Waals surface area (Å²) in [5, 5.41) is 8.62. The van der Waals surface area contributed by atoms with Crippen molar-refractivity contribution in [2.24, 2.45) is 14.1 Å². The van der Waals surface area contributed by atoms with E-state index in [-0.39, 0.29) is 34.9 Å². The van der Waals surface area contributed by atoms with Crippen LogP contribution in [0.1, 0.15) is 22.5 Å². The Morgan fingerprint density at radius 3 is 2.46 bits per heavy atom. The van der Waals surface area contributed by atoms with Crippen molar-refractivity contribution in [3.63, 3.8) is 0 Å². The lowest BCUT2D eigenvalue weighted by Gasteiger charge is -2.16. The van der Waals surface area contributed by atoms with Crippen molar-refractivity contribution < 1.29 is 14.3 Å². The zero-order valence-electron chi connectivity index (χ0n) is 22.8. The van der Waals surface area contributed by atoms with Crippen LogP contribution < -0.4 is 31.9 Å². The summed E-state index contributed by atoms with van der Waals surface area (Å²) >= 11 is 0. The van der Waals surface area contributed by atoms with Crippen molar-refractivity contribution in [3.05, 3.63) is 92.9 Å². The molecule has 12 heteroatoms. The molecule has 0 aliphatic carbocycles. The van der Waals surface area contributed by atoms with Crippen molar-refractivity contribution in [3.8, 4) is 28.3 Å². The average Bonchev–Trinajstić information content (AvgIpc) is 3.42. The van der Waals surface area contributed by atoms with Crippen LogP contribution in [0.4, 0.5) is 5.82 Å². The maximum Gasteiger partial charge on any atom is 0.330 e. The summed E-state index contributed by atoms with van der Waals surface area (Å²) in [6, 6.07) is 16.9. The van der Waals surface area contributed by atoms with Crippen LogP contribution in [-0.4, -0.2) is 50.6 Å². The van der Waals surface area contributed by atoms with Gasteiger partial charge in [-0.15, -0.1) is 0 Å². The summed E-state index contributed by atoms with van der Waals surface area (Å²) < 4.78 is 7.55. The van der Waals surface area contributed by atoms with Gasteiger partial charge in [-0.1, -0.05) is 48.5 Å². The van der Waals surface area contributed by atoms with E-state index in [1.807, 2.05) is 48.5 Å². The molecule has 1 saturated heterocycles. The third kappa shape index (κ3) is 5.63. The largest absolute Gasteiger partial charge is 0.480 e. The Bertz CT molecular complexity index is 1750. The van der Waals surface area contributed by atoms with Gasteiger partial charge in [0.15, 0.2) is 5.82 Å². The summed E-state index contributed by atoms with van der Waals surface area (Å²) in [7, 11) is 4.27. The number of benzene rings is 2. The van der Waals surface area contributed by atoms with E-state index in [2.05, 4.69) is 25.9 Å². The number of hydrogen-bond acceptors (Lipinski definition) is 8. The summed E-state index contributed by atoms with van der Waals surface area (Å²) in [5.41, 5.74) is 1.47. The molecule has 1 aliphatic rings. The minimum Gasteiger partial charge on any atom is -0.480 e. The molecule has 1 aliphatic heterocycles. The molecule has 1 unspecified atom stereocenters. The maximum absolute atomic E-state index is 13.6. The number of carbonyl (C=O) groups is 2. The topological polar surface area (TPSA) is 149 Å². The standard InChI is InChI=1S/C29H29N7O5/c1-35-25(19-11-7-10-18(12-19)17-8-5-4-6-9-17)24(28(39)36(2)29(35)40)26(38)33-22-16-31-21(27(34-22)41-3)15-30-20-13-23(37)32-14-20/h4-12,16,20,30H,13-15H2,1-3H3,(H,32,37)(H,33,34,38). The summed E-state index contributed by atoms with van der Waals surface area (Å²) in [5.74, 6) is -0.529. The fourth-order valence-corrected chi connectivity index (χ4v) is 4.77. The Balaban J connectivity index is 1.48. The smallest absolute Gasteiger partial charge is 0.330 e. The zero-order valence-corrected chi connectivity index (χ0v) is 22.8. The lowest BCUT2D eigenvalue weighted by molar-refractivity contribution is -0.119. The van der Waals surface area contributed by atoms with Gasteiger partial charge in [-0.2, -0.15) is 4.98 Å². The van der Waals surface area contributed by atoms with Gasteiger partial charge in [0, 0.05) is 39.6 Å². The van der Waals surface area contributed by atoms with Crippen LogP contribution in [-0.2, 0) is 25.4 Å². The molecule has 1 fully saturated rings. The number of ether oxygens (including phenoxy) is 1. The van der Waals surface area contributed by atoms with E-state index in [1.165, 1.54) is 32.0 Å². The Morgan fingerprint density at radius 2 is 1.76 bits per heavy atom. The van der Waals surface area contributed by atoms with Crippen molar-refractivity contribution in [1.82, 2.24) is 29.7 Å². The van der Waals surface area contributed by atoms with Crippen LogP contribution in [0.15, 0.2) is 70.4 Å².